The maximum atomic E-state index is 10.8. The number of rotatable bonds is 4. The van der Waals surface area contributed by atoms with Gasteiger partial charge < -0.3 is 25.2 Å². The molecule has 0 aromatic carbocycles. The van der Waals surface area contributed by atoms with E-state index in [1.165, 1.54) is 5.57 Å². The predicted octanol–water partition coefficient (Wildman–Crippen LogP) is 1.94. The molecule has 4 N–H and O–H groups in total. The lowest BCUT2D eigenvalue weighted by molar-refractivity contribution is -0.0808. The van der Waals surface area contributed by atoms with Crippen molar-refractivity contribution in [3.8, 4) is 0 Å². The minimum atomic E-state index is -0.844. The summed E-state index contributed by atoms with van der Waals surface area (Å²) in [6, 6.07) is 0. The summed E-state index contributed by atoms with van der Waals surface area (Å²) in [6.07, 6.45) is 6.72. The highest BCUT2D eigenvalue weighted by Gasteiger charge is 2.68. The molecule has 1 heterocycles. The van der Waals surface area contributed by atoms with Gasteiger partial charge >= 0.3 is 0 Å². The Hall–Kier alpha value is -0.720. The fourth-order valence-corrected chi connectivity index (χ4v) is 6.70. The van der Waals surface area contributed by atoms with Gasteiger partial charge in [0.1, 0.15) is 23.9 Å². The first-order chi connectivity index (χ1) is 12.7. The molecule has 4 aliphatic rings. The first-order valence-corrected chi connectivity index (χ1v) is 10.3. The second kappa shape index (κ2) is 6.39. The van der Waals surface area contributed by atoms with E-state index in [1.807, 2.05) is 0 Å². The van der Waals surface area contributed by atoms with Crippen molar-refractivity contribution in [1.82, 2.24) is 0 Å². The number of ether oxygens (including phenoxy) is 1. The zero-order valence-electron chi connectivity index (χ0n) is 16.7. The second-order valence-electron chi connectivity index (χ2n) is 9.95. The van der Waals surface area contributed by atoms with E-state index in [1.54, 1.807) is 6.08 Å². The molecule has 0 aromatic rings. The number of hydrogen-bond donors (Lipinski definition) is 4. The number of epoxide rings is 1. The molecule has 0 spiro atoms. The van der Waals surface area contributed by atoms with Crippen LogP contribution in [0.4, 0.5) is 0 Å². The van der Waals surface area contributed by atoms with Crippen LogP contribution in [0.25, 0.3) is 0 Å². The van der Waals surface area contributed by atoms with Crippen LogP contribution in [0.15, 0.2) is 23.3 Å². The van der Waals surface area contributed by atoms with E-state index in [-0.39, 0.29) is 30.0 Å². The molecule has 152 valence electrons. The van der Waals surface area contributed by atoms with Gasteiger partial charge in [-0.3, -0.25) is 0 Å². The monoisotopic (exact) mass is 378 g/mol. The Morgan fingerprint density at radius 3 is 2.59 bits per heavy atom. The molecule has 4 rings (SSSR count). The average Bonchev–Trinajstić information content (AvgIpc) is 3.38. The van der Waals surface area contributed by atoms with Crippen molar-refractivity contribution in [2.24, 2.45) is 22.7 Å². The van der Waals surface area contributed by atoms with Gasteiger partial charge in [0.2, 0.25) is 0 Å². The van der Waals surface area contributed by atoms with Crippen molar-refractivity contribution in [3.63, 3.8) is 0 Å². The minimum absolute atomic E-state index is 0.0471. The van der Waals surface area contributed by atoms with Gasteiger partial charge in [0.15, 0.2) is 0 Å². The summed E-state index contributed by atoms with van der Waals surface area (Å²) in [5.74, 6) is 0.651. The van der Waals surface area contributed by atoms with Gasteiger partial charge in [-0.1, -0.05) is 31.9 Å². The highest BCUT2D eigenvalue weighted by Crippen LogP contribution is 2.63. The Kier molecular flexibility index (Phi) is 4.64. The molecule has 1 saturated heterocycles. The molecule has 0 amide bonds. The van der Waals surface area contributed by atoms with Crippen molar-refractivity contribution in [2.45, 2.75) is 76.8 Å². The number of aliphatic hydroxyl groups excluding tert-OH is 4. The third kappa shape index (κ3) is 2.70. The maximum absolute atomic E-state index is 10.8. The van der Waals surface area contributed by atoms with E-state index in [2.05, 4.69) is 26.8 Å². The van der Waals surface area contributed by atoms with Crippen molar-refractivity contribution >= 4 is 0 Å². The molecule has 0 aromatic heterocycles. The van der Waals surface area contributed by atoms with E-state index in [9.17, 15) is 20.4 Å². The standard InChI is InChI=1S/C22H34O5/c1-13-5-6-16-20(2,12-24)7-4-8-21(16,3)15(13)10-22-17(25)9-14(11-23)18(26)19(22)27-22/h5,9,15-19,23-26H,4,6-8,10-12H2,1-3H3/t15-,16+,17-,18+,19+,20+,21-,22-/m1/s1. The quantitative estimate of drug-likeness (QED) is 0.443. The van der Waals surface area contributed by atoms with Gasteiger partial charge in [0.05, 0.1) is 6.61 Å². The summed E-state index contributed by atoms with van der Waals surface area (Å²) in [5.41, 5.74) is 1.00. The normalized spacial score (nSPS) is 51.7. The Morgan fingerprint density at radius 2 is 1.93 bits per heavy atom. The Labute approximate surface area is 161 Å². The summed E-state index contributed by atoms with van der Waals surface area (Å²) in [7, 11) is 0. The second-order valence-corrected chi connectivity index (χ2v) is 9.95. The van der Waals surface area contributed by atoms with Crippen LogP contribution in [0.3, 0.4) is 0 Å². The predicted molar refractivity (Wildman–Crippen MR) is 102 cm³/mol. The van der Waals surface area contributed by atoms with Gasteiger partial charge in [-0.15, -0.1) is 0 Å². The topological polar surface area (TPSA) is 93.5 Å². The molecular formula is C22H34O5. The first-order valence-electron chi connectivity index (χ1n) is 10.3. The van der Waals surface area contributed by atoms with Crippen molar-refractivity contribution in [3.05, 3.63) is 23.3 Å². The number of fused-ring (bicyclic) bond motifs is 2. The van der Waals surface area contributed by atoms with E-state index in [0.29, 0.717) is 17.9 Å². The first kappa shape index (κ1) is 19.6. The van der Waals surface area contributed by atoms with Crippen LogP contribution in [-0.4, -0.2) is 57.6 Å². The largest absolute Gasteiger partial charge is 0.396 e. The van der Waals surface area contributed by atoms with Crippen LogP contribution >= 0.6 is 0 Å². The molecule has 0 bridgehead atoms. The maximum Gasteiger partial charge on any atom is 0.128 e. The van der Waals surface area contributed by atoms with Crippen LogP contribution in [0.2, 0.25) is 0 Å². The van der Waals surface area contributed by atoms with Gasteiger partial charge in [-0.2, -0.15) is 0 Å². The molecule has 2 fully saturated rings. The molecule has 27 heavy (non-hydrogen) atoms. The van der Waals surface area contributed by atoms with Crippen molar-refractivity contribution < 1.29 is 25.2 Å². The molecule has 5 nitrogen and oxygen atoms in total. The molecule has 1 aliphatic heterocycles. The summed E-state index contributed by atoms with van der Waals surface area (Å²) >= 11 is 0. The smallest absolute Gasteiger partial charge is 0.128 e. The molecule has 5 heteroatoms. The molecule has 1 saturated carbocycles. The van der Waals surface area contributed by atoms with Gasteiger partial charge in [0.25, 0.3) is 0 Å². The van der Waals surface area contributed by atoms with Crippen LogP contribution in [0, 0.1) is 22.7 Å². The third-order valence-electron chi connectivity index (χ3n) is 8.50. The molecule has 8 atom stereocenters. The molecule has 3 aliphatic carbocycles. The van der Waals surface area contributed by atoms with Crippen LogP contribution < -0.4 is 0 Å². The number of hydrogen-bond acceptors (Lipinski definition) is 5. The van der Waals surface area contributed by atoms with Gasteiger partial charge in [-0.05, 0) is 66.9 Å². The van der Waals surface area contributed by atoms with Crippen LogP contribution in [-0.2, 0) is 4.74 Å². The Bertz CT molecular complexity index is 672. The van der Waals surface area contributed by atoms with Crippen molar-refractivity contribution in [1.29, 1.82) is 0 Å². The lowest BCUT2D eigenvalue weighted by Crippen LogP contribution is -2.53. The Balaban J connectivity index is 1.65. The van der Waals surface area contributed by atoms with Gasteiger partial charge in [0, 0.05) is 6.61 Å². The van der Waals surface area contributed by atoms with E-state index in [0.717, 1.165) is 25.7 Å². The summed E-state index contributed by atoms with van der Waals surface area (Å²) in [5, 5.41) is 40.7. The molecule has 0 radical (unpaired) electrons. The summed E-state index contributed by atoms with van der Waals surface area (Å²) in [6.45, 7) is 6.68. The van der Waals surface area contributed by atoms with E-state index in [4.69, 9.17) is 4.74 Å². The van der Waals surface area contributed by atoms with E-state index >= 15 is 0 Å². The van der Waals surface area contributed by atoms with E-state index < -0.39 is 23.9 Å². The minimum Gasteiger partial charge on any atom is -0.396 e. The fraction of sp³-hybridized carbons (Fsp3) is 0.818. The third-order valence-corrected chi connectivity index (χ3v) is 8.50. The lowest BCUT2D eigenvalue weighted by atomic mass is 9.47. The van der Waals surface area contributed by atoms with Crippen LogP contribution in [0.1, 0.15) is 52.9 Å². The fourth-order valence-electron chi connectivity index (χ4n) is 6.70. The average molecular weight is 379 g/mol. The highest BCUT2D eigenvalue weighted by atomic mass is 16.6. The zero-order chi connectivity index (χ0) is 19.6. The molecule has 0 unspecified atom stereocenters. The number of allylic oxidation sites excluding steroid dienone is 2. The zero-order valence-corrected chi connectivity index (χ0v) is 16.7. The summed E-state index contributed by atoms with van der Waals surface area (Å²) < 4.78 is 5.94. The lowest BCUT2D eigenvalue weighted by Gasteiger charge is -2.57. The van der Waals surface area contributed by atoms with Gasteiger partial charge in [-0.25, -0.2) is 0 Å². The molecular weight excluding hydrogens is 344 g/mol. The van der Waals surface area contributed by atoms with Crippen LogP contribution in [0.5, 0.6) is 0 Å². The Morgan fingerprint density at radius 1 is 1.19 bits per heavy atom. The highest BCUT2D eigenvalue weighted by molar-refractivity contribution is 5.33. The van der Waals surface area contributed by atoms with Crippen molar-refractivity contribution in [2.75, 3.05) is 13.2 Å². The SMILES string of the molecule is CC1=CC[C@H]2[C@](C)(CO)CCC[C@]2(C)[C@@H]1C[C@]12O[C@H]1[C@@H](O)C(CO)=C[C@H]2O. The summed E-state index contributed by atoms with van der Waals surface area (Å²) in [4.78, 5) is 0. The number of aliphatic hydroxyl groups is 4.